The number of aliphatic hydroxyl groups is 1. The van der Waals surface area contributed by atoms with Crippen molar-refractivity contribution >= 4 is 23.4 Å². The number of hydrogen-bond donors (Lipinski definition) is 2. The van der Waals surface area contributed by atoms with Crippen molar-refractivity contribution in [1.29, 1.82) is 0 Å². The Balaban J connectivity index is 2.58. The third-order valence-electron chi connectivity index (χ3n) is 3.47. The maximum Gasteiger partial charge on any atom is 0.408 e. The Morgan fingerprint density at radius 3 is 2.26 bits per heavy atom. The Kier molecular flexibility index (Phi) is 5.59. The van der Waals surface area contributed by atoms with Crippen LogP contribution in [0.4, 0.5) is 4.79 Å². The van der Waals surface area contributed by atoms with Gasteiger partial charge in [-0.1, -0.05) is 19.8 Å². The summed E-state index contributed by atoms with van der Waals surface area (Å²) in [5.41, 5.74) is -0.549. The molecule has 0 aromatic heterocycles. The number of nitrogens with one attached hydrogen (secondary N) is 1. The molecule has 1 aliphatic carbocycles. The van der Waals surface area contributed by atoms with Crippen molar-refractivity contribution < 1.29 is 14.6 Å². The van der Waals surface area contributed by atoms with Gasteiger partial charge in [0.1, 0.15) is 11.6 Å². The minimum Gasteiger partial charge on any atom is -0.500 e. The van der Waals surface area contributed by atoms with Gasteiger partial charge in [0, 0.05) is 0 Å². The van der Waals surface area contributed by atoms with Crippen molar-refractivity contribution in [3.8, 4) is 0 Å². The highest BCUT2D eigenvalue weighted by atomic mass is 32.1. The minimum atomic E-state index is -0.549. The lowest BCUT2D eigenvalue weighted by Gasteiger charge is -2.32. The lowest BCUT2D eigenvalue weighted by Crippen LogP contribution is -2.47. The van der Waals surface area contributed by atoms with Crippen molar-refractivity contribution in [3.63, 3.8) is 0 Å². The second-order valence-corrected chi connectivity index (χ2v) is 6.90. The first-order chi connectivity index (χ1) is 8.69. The Labute approximate surface area is 120 Å². The highest BCUT2D eigenvalue weighted by Crippen LogP contribution is 2.30. The van der Waals surface area contributed by atoms with E-state index in [1.54, 1.807) is 20.8 Å². The van der Waals surface area contributed by atoms with Crippen molar-refractivity contribution in [3.05, 3.63) is 0 Å². The van der Waals surface area contributed by atoms with Crippen LogP contribution in [0, 0.1) is 11.8 Å². The lowest BCUT2D eigenvalue weighted by molar-refractivity contribution is 0.0493. The average molecular weight is 287 g/mol. The fraction of sp³-hybridized carbons (Fsp3) is 0.857. The third kappa shape index (κ3) is 5.76. The molecule has 0 heterocycles. The number of rotatable bonds is 3. The summed E-state index contributed by atoms with van der Waals surface area (Å²) in [5.74, 6) is 0.923. The summed E-state index contributed by atoms with van der Waals surface area (Å²) in [6.07, 6.45) is 3.65. The maximum absolute atomic E-state index is 11.8. The second-order valence-electron chi connectivity index (χ2n) is 6.48. The summed E-state index contributed by atoms with van der Waals surface area (Å²) in [5, 5.41) is 12.2. The standard InChI is InChI=1S/C14H25NO3S/c1-9-5-7-10(8-6-9)11(12(16)19)15-13(17)18-14(2,3)4/h9-11H,5-8H2,1-4H3,(H,15,17)(H,16,19)/t9-,10-,11-/m0/s1. The van der Waals surface area contributed by atoms with Gasteiger partial charge in [-0.15, -0.1) is 0 Å². The fourth-order valence-corrected chi connectivity index (χ4v) is 2.69. The highest BCUT2D eigenvalue weighted by molar-refractivity contribution is 7.80. The fourth-order valence-electron chi connectivity index (χ4n) is 2.43. The summed E-state index contributed by atoms with van der Waals surface area (Å²) >= 11 is 4.87. The van der Waals surface area contributed by atoms with Crippen LogP contribution in [0.3, 0.4) is 0 Å². The van der Waals surface area contributed by atoms with E-state index >= 15 is 0 Å². The smallest absolute Gasteiger partial charge is 0.408 e. The summed E-state index contributed by atoms with van der Waals surface area (Å²) in [7, 11) is 0. The van der Waals surface area contributed by atoms with E-state index < -0.39 is 17.7 Å². The van der Waals surface area contributed by atoms with Crippen LogP contribution in [0.2, 0.25) is 0 Å². The van der Waals surface area contributed by atoms with Crippen molar-refractivity contribution in [2.75, 3.05) is 0 Å². The molecule has 2 N–H and O–H groups in total. The van der Waals surface area contributed by atoms with Crippen LogP contribution in [0.15, 0.2) is 0 Å². The monoisotopic (exact) mass is 287 g/mol. The quantitative estimate of drug-likeness (QED) is 0.779. The molecule has 1 fully saturated rings. The number of hydrogen-bond acceptors (Lipinski definition) is 3. The van der Waals surface area contributed by atoms with Crippen molar-refractivity contribution in [2.45, 2.75) is 65.0 Å². The van der Waals surface area contributed by atoms with Crippen LogP contribution in [-0.2, 0) is 4.74 Å². The van der Waals surface area contributed by atoms with E-state index in [-0.39, 0.29) is 11.0 Å². The molecule has 0 bridgehead atoms. The van der Waals surface area contributed by atoms with Crippen molar-refractivity contribution in [1.82, 2.24) is 5.32 Å². The summed E-state index contributed by atoms with van der Waals surface area (Å²) in [6, 6.07) is -0.475. The number of ether oxygens (including phenoxy) is 1. The number of carbonyl (C=O) groups is 1. The van der Waals surface area contributed by atoms with Gasteiger partial charge in [0.2, 0.25) is 0 Å². The molecular weight excluding hydrogens is 262 g/mol. The zero-order valence-electron chi connectivity index (χ0n) is 12.2. The molecule has 1 saturated carbocycles. The molecule has 0 spiro atoms. The van der Waals surface area contributed by atoms with Crippen LogP contribution in [0.25, 0.3) is 0 Å². The molecule has 0 aromatic carbocycles. The Morgan fingerprint density at radius 1 is 1.32 bits per heavy atom. The van der Waals surface area contributed by atoms with Gasteiger partial charge in [-0.2, -0.15) is 0 Å². The van der Waals surface area contributed by atoms with Gasteiger partial charge in [0.25, 0.3) is 0 Å². The van der Waals surface area contributed by atoms with E-state index in [0.29, 0.717) is 5.92 Å². The largest absolute Gasteiger partial charge is 0.500 e. The van der Waals surface area contributed by atoms with Gasteiger partial charge in [0.05, 0.1) is 0 Å². The third-order valence-corrected chi connectivity index (χ3v) is 3.72. The molecule has 0 aromatic rings. The van der Waals surface area contributed by atoms with E-state index in [1.165, 1.54) is 0 Å². The molecule has 110 valence electrons. The SMILES string of the molecule is CC(C)(C)OC(=O)N[C@H](C(O)=S)[C@H]1CC[C@H](C)CC1. The molecular formula is C14H25NO3S. The maximum atomic E-state index is 11.8. The minimum absolute atomic E-state index is 0.148. The zero-order valence-corrected chi connectivity index (χ0v) is 13.0. The number of carbonyl (C=O) groups excluding carboxylic acids is 1. The van der Waals surface area contributed by atoms with Gasteiger partial charge in [-0.3, -0.25) is 0 Å². The highest BCUT2D eigenvalue weighted by Gasteiger charge is 2.31. The number of aliphatic hydroxyl groups excluding tert-OH is 1. The molecule has 1 aliphatic rings. The van der Waals surface area contributed by atoms with Crippen LogP contribution < -0.4 is 5.32 Å². The molecule has 5 heteroatoms. The number of thiocarbonyl (C=S) groups is 1. The molecule has 0 unspecified atom stereocenters. The first-order valence-electron chi connectivity index (χ1n) is 6.91. The average Bonchev–Trinajstić information content (AvgIpc) is 2.24. The van der Waals surface area contributed by atoms with Crippen LogP contribution in [0.1, 0.15) is 53.4 Å². The Morgan fingerprint density at radius 2 is 1.84 bits per heavy atom. The van der Waals surface area contributed by atoms with Gasteiger partial charge >= 0.3 is 6.09 Å². The van der Waals surface area contributed by atoms with E-state index in [0.717, 1.165) is 25.7 Å². The van der Waals surface area contributed by atoms with Gasteiger partial charge in [-0.05, 0) is 57.7 Å². The predicted molar refractivity (Wildman–Crippen MR) is 79.5 cm³/mol. The summed E-state index contributed by atoms with van der Waals surface area (Å²) < 4.78 is 5.21. The van der Waals surface area contributed by atoms with E-state index in [2.05, 4.69) is 12.2 Å². The number of alkyl carbamates (subject to hydrolysis) is 1. The first-order valence-corrected chi connectivity index (χ1v) is 7.32. The molecule has 0 saturated heterocycles. The van der Waals surface area contributed by atoms with Crippen molar-refractivity contribution in [2.24, 2.45) is 11.8 Å². The normalized spacial score (nSPS) is 25.5. The molecule has 0 aliphatic heterocycles. The summed E-state index contributed by atoms with van der Waals surface area (Å²) in [4.78, 5) is 11.8. The Bertz CT molecular complexity index is 330. The summed E-state index contributed by atoms with van der Waals surface area (Å²) in [6.45, 7) is 7.65. The van der Waals surface area contributed by atoms with Gasteiger partial charge < -0.3 is 15.2 Å². The molecule has 1 amide bonds. The van der Waals surface area contributed by atoms with E-state index in [9.17, 15) is 9.90 Å². The Hall–Kier alpha value is -0.840. The van der Waals surface area contributed by atoms with Crippen LogP contribution in [0.5, 0.6) is 0 Å². The lowest BCUT2D eigenvalue weighted by atomic mass is 9.79. The predicted octanol–water partition coefficient (Wildman–Crippen LogP) is 3.59. The van der Waals surface area contributed by atoms with Gasteiger partial charge in [0.15, 0.2) is 5.05 Å². The number of amides is 1. The van der Waals surface area contributed by atoms with Crippen LogP contribution >= 0.6 is 12.2 Å². The molecule has 1 atom stereocenters. The molecule has 0 radical (unpaired) electrons. The topological polar surface area (TPSA) is 58.6 Å². The van der Waals surface area contributed by atoms with Crippen LogP contribution in [-0.4, -0.2) is 27.9 Å². The van der Waals surface area contributed by atoms with E-state index in [1.807, 2.05) is 0 Å². The van der Waals surface area contributed by atoms with Gasteiger partial charge in [-0.25, -0.2) is 4.79 Å². The first kappa shape index (κ1) is 16.2. The molecule has 1 rings (SSSR count). The molecule has 19 heavy (non-hydrogen) atoms. The van der Waals surface area contributed by atoms with E-state index in [4.69, 9.17) is 17.0 Å². The molecule has 4 nitrogen and oxygen atoms in total. The zero-order chi connectivity index (χ0) is 14.6. The second kappa shape index (κ2) is 6.55.